The summed E-state index contributed by atoms with van der Waals surface area (Å²) >= 11 is 0. The molecule has 0 fully saturated rings. The van der Waals surface area contributed by atoms with Crippen LogP contribution in [-0.2, 0) is 20.7 Å². The van der Waals surface area contributed by atoms with Gasteiger partial charge in [0.1, 0.15) is 11.5 Å². The summed E-state index contributed by atoms with van der Waals surface area (Å²) in [6.07, 6.45) is -0.0485. The summed E-state index contributed by atoms with van der Waals surface area (Å²) < 4.78 is 15.4. The minimum absolute atomic E-state index is 0.0485. The molecule has 8 heteroatoms. The molecule has 0 aliphatic heterocycles. The van der Waals surface area contributed by atoms with E-state index in [0.717, 1.165) is 0 Å². The number of hydrogen-bond donors (Lipinski definition) is 2. The smallest absolute Gasteiger partial charge is 0.310 e. The quantitative estimate of drug-likeness (QED) is 0.626. The van der Waals surface area contributed by atoms with E-state index in [1.807, 2.05) is 6.92 Å². The average Bonchev–Trinajstić information content (AvgIpc) is 2.73. The van der Waals surface area contributed by atoms with Gasteiger partial charge < -0.3 is 24.8 Å². The highest BCUT2D eigenvalue weighted by molar-refractivity contribution is 5.97. The van der Waals surface area contributed by atoms with Crippen LogP contribution in [0.1, 0.15) is 22.8 Å². The fourth-order valence-electron chi connectivity index (χ4n) is 2.55. The number of amides is 2. The molecular weight excluding hydrogens is 376 g/mol. The molecule has 0 saturated carbocycles. The van der Waals surface area contributed by atoms with Crippen LogP contribution in [0.5, 0.6) is 11.5 Å². The Kier molecular flexibility index (Phi) is 8.02. The van der Waals surface area contributed by atoms with Gasteiger partial charge in [0.05, 0.1) is 20.6 Å². The Hall–Kier alpha value is -3.55. The number of esters is 1. The lowest BCUT2D eigenvalue weighted by molar-refractivity contribution is -0.146. The molecule has 2 aromatic rings. The Morgan fingerprint density at radius 3 is 2.48 bits per heavy atom. The highest BCUT2D eigenvalue weighted by Gasteiger charge is 2.13. The first-order chi connectivity index (χ1) is 14.0. The van der Waals surface area contributed by atoms with Crippen LogP contribution >= 0.6 is 0 Å². The van der Waals surface area contributed by atoms with E-state index < -0.39 is 18.5 Å². The zero-order valence-corrected chi connectivity index (χ0v) is 16.6. The molecule has 0 radical (unpaired) electrons. The maximum Gasteiger partial charge on any atom is 0.310 e. The summed E-state index contributed by atoms with van der Waals surface area (Å²) in [6.45, 7) is 1.88. The lowest BCUT2D eigenvalue weighted by Gasteiger charge is -2.11. The fraction of sp³-hybridized carbons (Fsp3) is 0.286. The van der Waals surface area contributed by atoms with Gasteiger partial charge in [-0.3, -0.25) is 14.4 Å². The largest absolute Gasteiger partial charge is 0.497 e. The molecule has 0 saturated heterocycles. The normalized spacial score (nSPS) is 10.0. The second-order valence-corrected chi connectivity index (χ2v) is 6.00. The van der Waals surface area contributed by atoms with Gasteiger partial charge in [-0.25, -0.2) is 0 Å². The SMILES string of the molecule is CCNC(=O)c1cccc(NC(=O)COC(=O)Cc2ccc(OC)cc2OC)c1. The van der Waals surface area contributed by atoms with Gasteiger partial charge in [0.2, 0.25) is 0 Å². The van der Waals surface area contributed by atoms with E-state index in [2.05, 4.69) is 10.6 Å². The van der Waals surface area contributed by atoms with Gasteiger partial charge in [-0.2, -0.15) is 0 Å². The molecule has 2 rings (SSSR count). The Balaban J connectivity index is 1.89. The summed E-state index contributed by atoms with van der Waals surface area (Å²) in [5.41, 5.74) is 1.48. The van der Waals surface area contributed by atoms with Crippen molar-refractivity contribution in [1.82, 2.24) is 5.32 Å². The molecule has 0 aromatic heterocycles. The van der Waals surface area contributed by atoms with Crippen molar-refractivity contribution in [3.8, 4) is 11.5 Å². The standard InChI is InChI=1S/C21H24N2O6/c1-4-22-21(26)15-6-5-7-16(10-15)23-19(24)13-29-20(25)11-14-8-9-17(27-2)12-18(14)28-3/h5-10,12H,4,11,13H2,1-3H3,(H,22,26)(H,23,24). The minimum atomic E-state index is -0.570. The van der Waals surface area contributed by atoms with E-state index in [1.165, 1.54) is 14.2 Å². The maximum absolute atomic E-state index is 12.1. The van der Waals surface area contributed by atoms with Gasteiger partial charge in [0, 0.05) is 29.4 Å². The molecule has 2 aromatic carbocycles. The topological polar surface area (TPSA) is 103 Å². The Bertz CT molecular complexity index is 881. The van der Waals surface area contributed by atoms with Gasteiger partial charge in [-0.05, 0) is 31.2 Å². The third-order valence-electron chi connectivity index (χ3n) is 3.94. The number of hydrogen-bond acceptors (Lipinski definition) is 6. The molecule has 0 aliphatic rings. The summed E-state index contributed by atoms with van der Waals surface area (Å²) in [7, 11) is 3.03. The Labute approximate surface area is 169 Å². The lowest BCUT2D eigenvalue weighted by Crippen LogP contribution is -2.24. The van der Waals surface area contributed by atoms with Crippen molar-refractivity contribution < 1.29 is 28.6 Å². The molecule has 0 aliphatic carbocycles. The number of rotatable bonds is 9. The monoisotopic (exact) mass is 400 g/mol. The van der Waals surface area contributed by atoms with Gasteiger partial charge in [-0.1, -0.05) is 12.1 Å². The van der Waals surface area contributed by atoms with Crippen LogP contribution in [0.2, 0.25) is 0 Å². The second-order valence-electron chi connectivity index (χ2n) is 6.00. The number of methoxy groups -OCH3 is 2. The lowest BCUT2D eigenvalue weighted by atomic mass is 10.1. The predicted octanol–water partition coefficient (Wildman–Crippen LogP) is 2.18. The van der Waals surface area contributed by atoms with Gasteiger partial charge in [-0.15, -0.1) is 0 Å². The Morgan fingerprint density at radius 1 is 1.00 bits per heavy atom. The van der Waals surface area contributed by atoms with E-state index >= 15 is 0 Å². The number of carbonyl (C=O) groups is 3. The number of nitrogens with one attached hydrogen (secondary N) is 2. The zero-order chi connectivity index (χ0) is 21.2. The number of ether oxygens (including phenoxy) is 3. The van der Waals surface area contributed by atoms with Crippen molar-refractivity contribution in [2.24, 2.45) is 0 Å². The van der Waals surface area contributed by atoms with Gasteiger partial charge >= 0.3 is 5.97 Å². The number of benzene rings is 2. The van der Waals surface area contributed by atoms with Crippen molar-refractivity contribution in [1.29, 1.82) is 0 Å². The molecule has 2 amide bonds. The maximum atomic E-state index is 12.1. The number of anilines is 1. The molecule has 154 valence electrons. The third kappa shape index (κ3) is 6.53. The van der Waals surface area contributed by atoms with E-state index in [0.29, 0.717) is 34.9 Å². The minimum Gasteiger partial charge on any atom is -0.497 e. The molecule has 0 unspecified atom stereocenters. The highest BCUT2D eigenvalue weighted by atomic mass is 16.5. The molecule has 29 heavy (non-hydrogen) atoms. The van der Waals surface area contributed by atoms with Crippen LogP contribution in [0.4, 0.5) is 5.69 Å². The highest BCUT2D eigenvalue weighted by Crippen LogP contribution is 2.25. The summed E-state index contributed by atoms with van der Waals surface area (Å²) in [6, 6.07) is 11.6. The number of carbonyl (C=O) groups excluding carboxylic acids is 3. The molecule has 0 spiro atoms. The first kappa shape index (κ1) is 21.7. The van der Waals surface area contributed by atoms with Crippen LogP contribution in [0, 0.1) is 0 Å². The van der Waals surface area contributed by atoms with E-state index in [1.54, 1.807) is 42.5 Å². The molecular formula is C21H24N2O6. The molecule has 8 nitrogen and oxygen atoms in total. The fourth-order valence-corrected chi connectivity index (χ4v) is 2.55. The van der Waals surface area contributed by atoms with Crippen LogP contribution in [-0.4, -0.2) is 45.2 Å². The summed E-state index contributed by atoms with van der Waals surface area (Å²) in [4.78, 5) is 36.0. The first-order valence-corrected chi connectivity index (χ1v) is 9.01. The molecule has 0 bridgehead atoms. The predicted molar refractivity (Wildman–Crippen MR) is 107 cm³/mol. The van der Waals surface area contributed by atoms with E-state index in [4.69, 9.17) is 14.2 Å². The Morgan fingerprint density at radius 2 is 1.79 bits per heavy atom. The van der Waals surface area contributed by atoms with E-state index in [9.17, 15) is 14.4 Å². The molecule has 0 heterocycles. The van der Waals surface area contributed by atoms with Crippen LogP contribution < -0.4 is 20.1 Å². The van der Waals surface area contributed by atoms with Gasteiger partial charge in [0.25, 0.3) is 11.8 Å². The third-order valence-corrected chi connectivity index (χ3v) is 3.94. The first-order valence-electron chi connectivity index (χ1n) is 9.01. The summed E-state index contributed by atoms with van der Waals surface area (Å²) in [5, 5.41) is 5.28. The van der Waals surface area contributed by atoms with E-state index in [-0.39, 0.29) is 12.3 Å². The molecule has 2 N–H and O–H groups in total. The van der Waals surface area contributed by atoms with Crippen LogP contribution in [0.15, 0.2) is 42.5 Å². The van der Waals surface area contributed by atoms with Crippen molar-refractivity contribution >= 4 is 23.5 Å². The summed E-state index contributed by atoms with van der Waals surface area (Å²) in [5.74, 6) is -0.211. The second kappa shape index (κ2) is 10.7. The van der Waals surface area contributed by atoms with Crippen LogP contribution in [0.3, 0.4) is 0 Å². The zero-order valence-electron chi connectivity index (χ0n) is 16.6. The van der Waals surface area contributed by atoms with Crippen molar-refractivity contribution in [3.05, 3.63) is 53.6 Å². The van der Waals surface area contributed by atoms with Crippen molar-refractivity contribution in [3.63, 3.8) is 0 Å². The van der Waals surface area contributed by atoms with Crippen molar-refractivity contribution in [2.75, 3.05) is 32.7 Å². The van der Waals surface area contributed by atoms with Gasteiger partial charge in [0.15, 0.2) is 6.61 Å². The average molecular weight is 400 g/mol. The van der Waals surface area contributed by atoms with Crippen LogP contribution in [0.25, 0.3) is 0 Å². The van der Waals surface area contributed by atoms with Crippen molar-refractivity contribution in [2.45, 2.75) is 13.3 Å². The molecule has 0 atom stereocenters.